The summed E-state index contributed by atoms with van der Waals surface area (Å²) in [6, 6.07) is 37.0. The minimum absolute atomic E-state index is 0.00299. The summed E-state index contributed by atoms with van der Waals surface area (Å²) in [5, 5.41) is 19.3. The molecule has 3 aliphatic heterocycles. The van der Waals surface area contributed by atoms with Crippen LogP contribution in [0.2, 0.25) is 18.6 Å². The monoisotopic (exact) mass is 883 g/mol. The number of benzene rings is 5. The number of carbonyl (C=O) groups is 2. The van der Waals surface area contributed by atoms with E-state index in [2.05, 4.69) is 64.5 Å². The number of rotatable bonds is 11. The number of para-hydroxylation sites is 3. The highest BCUT2D eigenvalue weighted by atomic mass is 79.9. The topological polar surface area (TPSA) is 119 Å². The minimum atomic E-state index is -2.37. The summed E-state index contributed by atoms with van der Waals surface area (Å²) in [5.41, 5.74) is 3.93. The first-order valence-electron chi connectivity index (χ1n) is 20.3. The predicted molar refractivity (Wildman–Crippen MR) is 236 cm³/mol. The van der Waals surface area contributed by atoms with Gasteiger partial charge in [-0.3, -0.25) is 19.2 Å². The number of aromatic nitrogens is 3. The first-order valence-corrected chi connectivity index (χ1v) is 24.1. The van der Waals surface area contributed by atoms with Crippen molar-refractivity contribution in [1.82, 2.24) is 15.0 Å². The van der Waals surface area contributed by atoms with Crippen molar-refractivity contribution >= 4 is 58.1 Å². The van der Waals surface area contributed by atoms with Gasteiger partial charge in [0.15, 0.2) is 11.4 Å². The molecule has 0 saturated carbocycles. The molecule has 1 aromatic heterocycles. The molecule has 11 nitrogen and oxygen atoms in total. The van der Waals surface area contributed by atoms with Crippen LogP contribution in [-0.2, 0) is 34.6 Å². The molecule has 60 heavy (non-hydrogen) atoms. The zero-order valence-electron chi connectivity index (χ0n) is 33.9. The molecule has 0 bridgehead atoms. The molecule has 9 rings (SSSR count). The third-order valence-electron chi connectivity index (χ3n) is 12.6. The van der Waals surface area contributed by atoms with Gasteiger partial charge in [0.2, 0.25) is 0 Å². The molecule has 3 aliphatic rings. The van der Waals surface area contributed by atoms with E-state index in [1.165, 1.54) is 5.19 Å². The van der Waals surface area contributed by atoms with Crippen molar-refractivity contribution in [3.05, 3.63) is 148 Å². The maximum absolute atomic E-state index is 15.4. The van der Waals surface area contributed by atoms with Gasteiger partial charge in [0.05, 0.1) is 50.5 Å². The van der Waals surface area contributed by atoms with Crippen LogP contribution in [0.3, 0.4) is 0 Å². The molecule has 1 N–H and O–H groups in total. The summed E-state index contributed by atoms with van der Waals surface area (Å²) < 4.78 is 21.8. The zero-order valence-corrected chi connectivity index (χ0v) is 36.5. The average molecular weight is 885 g/mol. The third-order valence-corrected chi connectivity index (χ3v) is 17.4. The molecule has 5 aromatic carbocycles. The molecule has 6 aromatic rings. The van der Waals surface area contributed by atoms with E-state index in [0.717, 1.165) is 32.7 Å². The highest BCUT2D eigenvalue weighted by Crippen LogP contribution is 2.60. The fourth-order valence-corrected chi connectivity index (χ4v) is 14.1. The second-order valence-electron chi connectivity index (χ2n) is 16.3. The number of hydrogen-bond acceptors (Lipinski definition) is 8. The van der Waals surface area contributed by atoms with Gasteiger partial charge in [-0.05, 0) is 84.3 Å². The summed E-state index contributed by atoms with van der Waals surface area (Å²) in [5.74, 6) is 1.44. The molecule has 4 atom stereocenters. The van der Waals surface area contributed by atoms with E-state index in [-0.39, 0.29) is 36.0 Å². The minimum Gasteiger partial charge on any atom is -0.497 e. The van der Waals surface area contributed by atoms with E-state index in [4.69, 9.17) is 14.2 Å². The normalized spacial score (nSPS) is 20.8. The Labute approximate surface area is 358 Å². The number of carbonyl (C=O) groups excluding carboxylic acids is 2. The lowest BCUT2D eigenvalue weighted by Gasteiger charge is -2.37. The van der Waals surface area contributed by atoms with Crippen molar-refractivity contribution in [3.8, 4) is 17.2 Å². The van der Waals surface area contributed by atoms with Crippen LogP contribution in [0.5, 0.6) is 17.2 Å². The number of ether oxygens (including phenoxy) is 3. The second kappa shape index (κ2) is 15.8. The van der Waals surface area contributed by atoms with Crippen molar-refractivity contribution in [3.63, 3.8) is 0 Å². The number of hydrogen-bond donors (Lipinski definition) is 1. The first-order chi connectivity index (χ1) is 29.0. The molecule has 13 heteroatoms. The fraction of sp³-hybridized carbons (Fsp3) is 0.277. The molecular weight excluding hydrogens is 839 g/mol. The van der Waals surface area contributed by atoms with Crippen LogP contribution in [0.15, 0.2) is 126 Å². The quantitative estimate of drug-likeness (QED) is 0.129. The van der Waals surface area contributed by atoms with Gasteiger partial charge in [-0.15, -0.1) is 5.10 Å². The summed E-state index contributed by atoms with van der Waals surface area (Å²) in [4.78, 5) is 33.1. The van der Waals surface area contributed by atoms with Crippen LogP contribution in [0.1, 0.15) is 40.5 Å². The van der Waals surface area contributed by atoms with Crippen molar-refractivity contribution in [2.75, 3.05) is 23.5 Å². The van der Waals surface area contributed by atoms with Gasteiger partial charge < -0.3 is 24.2 Å². The highest BCUT2D eigenvalue weighted by molar-refractivity contribution is 9.10. The predicted octanol–water partition coefficient (Wildman–Crippen LogP) is 8.52. The zero-order chi connectivity index (χ0) is 41.8. The van der Waals surface area contributed by atoms with Crippen LogP contribution in [0.25, 0.3) is 0 Å². The number of nitrogens with zero attached hydrogens (tertiary/aromatic N) is 5. The smallest absolute Gasteiger partial charge is 0.266 e. The maximum atomic E-state index is 15.4. The van der Waals surface area contributed by atoms with Gasteiger partial charge in [0, 0.05) is 47.4 Å². The Hall–Kier alpha value is -5.60. The molecular formula is C47H46BrN5O6Si. The van der Waals surface area contributed by atoms with Gasteiger partial charge in [-0.2, -0.15) is 0 Å². The lowest BCUT2D eigenvalue weighted by atomic mass is 9.82. The fourth-order valence-electron chi connectivity index (χ4n) is 9.65. The largest absolute Gasteiger partial charge is 0.497 e. The lowest BCUT2D eigenvalue weighted by molar-refractivity contribution is -0.146. The van der Waals surface area contributed by atoms with Crippen molar-refractivity contribution in [1.29, 1.82) is 0 Å². The summed E-state index contributed by atoms with van der Waals surface area (Å²) in [7, 11) is -0.697. The third kappa shape index (κ3) is 6.73. The molecule has 0 unspecified atom stereocenters. The van der Waals surface area contributed by atoms with Gasteiger partial charge in [0.1, 0.15) is 11.5 Å². The Bertz CT molecular complexity index is 2580. The van der Waals surface area contributed by atoms with Crippen molar-refractivity contribution in [2.24, 2.45) is 5.92 Å². The van der Waals surface area contributed by atoms with E-state index in [9.17, 15) is 9.90 Å². The number of fused-ring (bicyclic) bond motifs is 4. The Kier molecular flexibility index (Phi) is 10.5. The van der Waals surface area contributed by atoms with E-state index in [0.29, 0.717) is 54.4 Å². The number of anilines is 3. The average Bonchev–Trinajstić information content (AvgIpc) is 3.88. The first kappa shape index (κ1) is 39.8. The van der Waals surface area contributed by atoms with Crippen molar-refractivity contribution in [2.45, 2.75) is 63.2 Å². The Morgan fingerprint density at radius 1 is 0.900 bits per heavy atom. The number of methoxy groups -OCH3 is 1. The van der Waals surface area contributed by atoms with Gasteiger partial charge in [0.25, 0.3) is 11.8 Å². The van der Waals surface area contributed by atoms with Crippen LogP contribution >= 0.6 is 15.9 Å². The summed E-state index contributed by atoms with van der Waals surface area (Å²) >= 11 is 3.73. The van der Waals surface area contributed by atoms with Gasteiger partial charge in [-0.1, -0.05) is 94.9 Å². The molecule has 1 fully saturated rings. The SMILES string of the molecule is COc1ccc([Si](C)(C)[C@@H]2[C@@H](CCn3cc(CCO)nn3)O[C@]3(C(=O)N(Cc4ccc(N5C(=O)c6ccccc6Oc6ccccc65)cc4)c4ccc(Br)cc43)[C@H]2C)cc1. The Balaban J connectivity index is 1.06. The Morgan fingerprint density at radius 3 is 2.38 bits per heavy atom. The lowest BCUT2D eigenvalue weighted by Crippen LogP contribution is -2.51. The number of aryl methyl sites for hydroxylation is 1. The number of aliphatic hydroxyl groups excluding tert-OH is 1. The van der Waals surface area contributed by atoms with Gasteiger partial charge >= 0.3 is 0 Å². The standard InChI is InChI=1S/C47H46BrN5O6Si/c1-30-44(60(3,4)36-20-18-35(57-2)19-21-36)43(23-25-51-29-33(24-26-54)49-50-51)59-47(30)38-27-32(48)15-22-39(38)52(46(47)56)28-31-13-16-34(17-14-31)53-40-10-6-8-12-42(40)58-41-11-7-5-9-37(41)45(53)55/h5-22,27,29-30,43-44,54H,23-26,28H2,1-4H3/t30-,43+,44-,47+/m0/s1. The second-order valence-corrected chi connectivity index (χ2v) is 21.9. The van der Waals surface area contributed by atoms with Crippen LogP contribution in [0, 0.1) is 5.92 Å². The van der Waals surface area contributed by atoms with E-state index < -0.39 is 13.7 Å². The molecule has 1 saturated heterocycles. The summed E-state index contributed by atoms with van der Waals surface area (Å²) in [6.45, 7) is 7.80. The van der Waals surface area contributed by atoms with Crippen LogP contribution in [-0.4, -0.2) is 59.8 Å². The molecule has 2 amide bonds. The van der Waals surface area contributed by atoms with Crippen LogP contribution < -0.4 is 24.5 Å². The highest BCUT2D eigenvalue weighted by Gasteiger charge is 2.66. The van der Waals surface area contributed by atoms with Crippen LogP contribution in [0.4, 0.5) is 17.1 Å². The van der Waals surface area contributed by atoms with E-state index in [1.807, 2.05) is 101 Å². The number of halogens is 1. The van der Waals surface area contributed by atoms with Crippen molar-refractivity contribution < 1.29 is 28.9 Å². The molecule has 0 aliphatic carbocycles. The molecule has 306 valence electrons. The maximum Gasteiger partial charge on any atom is 0.266 e. The number of aliphatic hydroxyl groups is 1. The Morgan fingerprint density at radius 2 is 1.63 bits per heavy atom. The van der Waals surface area contributed by atoms with E-state index >= 15 is 4.79 Å². The number of amides is 2. The molecule has 4 heterocycles. The van der Waals surface area contributed by atoms with Gasteiger partial charge in [-0.25, -0.2) is 0 Å². The molecule has 0 radical (unpaired) electrons. The molecule has 1 spiro atoms. The van der Waals surface area contributed by atoms with E-state index in [1.54, 1.807) is 24.1 Å². The summed E-state index contributed by atoms with van der Waals surface area (Å²) in [6.07, 6.45) is 2.66.